The Morgan fingerprint density at radius 3 is 2.88 bits per heavy atom. The second-order valence-electron chi connectivity index (χ2n) is 6.33. The molecule has 0 aliphatic carbocycles. The van der Waals surface area contributed by atoms with Crippen LogP contribution in [0.1, 0.15) is 29.5 Å². The van der Waals surface area contributed by atoms with E-state index in [9.17, 15) is 0 Å². The van der Waals surface area contributed by atoms with Crippen molar-refractivity contribution in [3.8, 4) is 11.4 Å². The highest BCUT2D eigenvalue weighted by molar-refractivity contribution is 5.52. The summed E-state index contributed by atoms with van der Waals surface area (Å²) in [5.41, 5.74) is 3.31. The molecule has 3 aromatic heterocycles. The lowest BCUT2D eigenvalue weighted by atomic mass is 10.1. The molecule has 0 unspecified atom stereocenters. The molecule has 0 bridgehead atoms. The molecule has 0 N–H and O–H groups in total. The van der Waals surface area contributed by atoms with E-state index >= 15 is 0 Å². The zero-order valence-corrected chi connectivity index (χ0v) is 13.9. The molecule has 7 nitrogen and oxygen atoms in total. The smallest absolute Gasteiger partial charge is 0.231 e. The summed E-state index contributed by atoms with van der Waals surface area (Å²) < 4.78 is 7.38. The lowest BCUT2D eigenvalue weighted by molar-refractivity contribution is 0.308. The van der Waals surface area contributed by atoms with Crippen molar-refractivity contribution >= 4 is 0 Å². The van der Waals surface area contributed by atoms with Crippen molar-refractivity contribution in [2.45, 2.75) is 25.8 Å². The van der Waals surface area contributed by atoms with Crippen LogP contribution in [0.3, 0.4) is 0 Å². The van der Waals surface area contributed by atoms with E-state index in [0.717, 1.165) is 43.2 Å². The molecule has 1 aliphatic heterocycles. The van der Waals surface area contributed by atoms with Crippen LogP contribution in [0.4, 0.5) is 0 Å². The van der Waals surface area contributed by atoms with E-state index in [1.165, 1.54) is 5.56 Å². The van der Waals surface area contributed by atoms with Crippen molar-refractivity contribution in [2.24, 2.45) is 7.05 Å². The van der Waals surface area contributed by atoms with E-state index in [1.54, 1.807) is 12.4 Å². The molecule has 7 heteroatoms. The predicted molar refractivity (Wildman–Crippen MR) is 88.1 cm³/mol. The number of hydrogen-bond donors (Lipinski definition) is 0. The van der Waals surface area contributed by atoms with E-state index in [-0.39, 0.29) is 0 Å². The predicted octanol–water partition coefficient (Wildman–Crippen LogP) is 2.16. The standard InChI is InChI=1S/C17H20N6O/c1-12-15(9-22(2)20-12)11-23-8-5-14(10-23)17-19-16(21-24-17)13-3-6-18-7-4-13/h3-4,6-7,9,14H,5,8,10-11H2,1-2H3/t14-/m0/s1. The summed E-state index contributed by atoms with van der Waals surface area (Å²) in [5.74, 6) is 1.66. The minimum Gasteiger partial charge on any atom is -0.339 e. The maximum Gasteiger partial charge on any atom is 0.231 e. The van der Waals surface area contributed by atoms with Crippen LogP contribution >= 0.6 is 0 Å². The fraction of sp³-hybridized carbons (Fsp3) is 0.412. The summed E-state index contributed by atoms with van der Waals surface area (Å²) in [6.07, 6.45) is 6.60. The van der Waals surface area contributed by atoms with Gasteiger partial charge in [0.05, 0.1) is 11.6 Å². The quantitative estimate of drug-likeness (QED) is 0.732. The van der Waals surface area contributed by atoms with E-state index in [0.29, 0.717) is 11.7 Å². The van der Waals surface area contributed by atoms with Gasteiger partial charge in [0.15, 0.2) is 0 Å². The third-order valence-electron chi connectivity index (χ3n) is 4.51. The number of rotatable bonds is 4. The zero-order valence-electron chi connectivity index (χ0n) is 13.9. The third-order valence-corrected chi connectivity index (χ3v) is 4.51. The van der Waals surface area contributed by atoms with Crippen molar-refractivity contribution in [1.82, 2.24) is 29.8 Å². The van der Waals surface area contributed by atoms with Crippen LogP contribution in [-0.4, -0.2) is 42.9 Å². The van der Waals surface area contributed by atoms with E-state index in [4.69, 9.17) is 4.52 Å². The Morgan fingerprint density at radius 1 is 1.29 bits per heavy atom. The van der Waals surface area contributed by atoms with Crippen molar-refractivity contribution < 1.29 is 4.52 Å². The van der Waals surface area contributed by atoms with Crippen LogP contribution in [0.25, 0.3) is 11.4 Å². The Kier molecular flexibility index (Phi) is 3.86. The monoisotopic (exact) mass is 324 g/mol. The fourth-order valence-electron chi connectivity index (χ4n) is 3.24. The maximum absolute atomic E-state index is 5.50. The summed E-state index contributed by atoms with van der Waals surface area (Å²) in [5, 5.41) is 8.52. The Morgan fingerprint density at radius 2 is 2.12 bits per heavy atom. The topological polar surface area (TPSA) is 72.9 Å². The maximum atomic E-state index is 5.50. The van der Waals surface area contributed by atoms with Crippen LogP contribution in [0.5, 0.6) is 0 Å². The zero-order chi connectivity index (χ0) is 16.5. The van der Waals surface area contributed by atoms with E-state index in [1.807, 2.05) is 23.9 Å². The molecular weight excluding hydrogens is 304 g/mol. The average molecular weight is 324 g/mol. The van der Waals surface area contributed by atoms with Gasteiger partial charge >= 0.3 is 0 Å². The highest BCUT2D eigenvalue weighted by atomic mass is 16.5. The van der Waals surface area contributed by atoms with Gasteiger partial charge < -0.3 is 4.52 Å². The Balaban J connectivity index is 1.44. The largest absolute Gasteiger partial charge is 0.339 e. The molecule has 4 heterocycles. The molecular formula is C17H20N6O. The van der Waals surface area contributed by atoms with Crippen LogP contribution in [0.2, 0.25) is 0 Å². The van der Waals surface area contributed by atoms with Gasteiger partial charge in [-0.15, -0.1) is 0 Å². The summed E-state index contributed by atoms with van der Waals surface area (Å²) in [6.45, 7) is 4.95. The minimum atomic E-state index is 0.296. The van der Waals surface area contributed by atoms with Gasteiger partial charge in [-0.2, -0.15) is 10.1 Å². The number of nitrogens with zero attached hydrogens (tertiary/aromatic N) is 6. The first-order valence-corrected chi connectivity index (χ1v) is 8.14. The minimum absolute atomic E-state index is 0.296. The fourth-order valence-corrected chi connectivity index (χ4v) is 3.24. The molecule has 4 rings (SSSR count). The van der Waals surface area contributed by atoms with Crippen molar-refractivity contribution in [2.75, 3.05) is 13.1 Å². The summed E-state index contributed by atoms with van der Waals surface area (Å²) >= 11 is 0. The molecule has 124 valence electrons. The number of likely N-dealkylation sites (tertiary alicyclic amines) is 1. The van der Waals surface area contributed by atoms with Gasteiger partial charge in [0.2, 0.25) is 11.7 Å². The molecule has 1 aliphatic rings. The first-order valence-electron chi connectivity index (χ1n) is 8.14. The van der Waals surface area contributed by atoms with Crippen molar-refractivity contribution in [1.29, 1.82) is 0 Å². The van der Waals surface area contributed by atoms with Gasteiger partial charge in [0.1, 0.15) is 0 Å². The van der Waals surface area contributed by atoms with Crippen LogP contribution in [-0.2, 0) is 13.6 Å². The van der Waals surface area contributed by atoms with E-state index < -0.39 is 0 Å². The highest BCUT2D eigenvalue weighted by Gasteiger charge is 2.29. The van der Waals surface area contributed by atoms with Crippen LogP contribution < -0.4 is 0 Å². The lowest BCUT2D eigenvalue weighted by Gasteiger charge is -2.14. The molecule has 24 heavy (non-hydrogen) atoms. The Bertz CT molecular complexity index is 825. The van der Waals surface area contributed by atoms with Crippen LogP contribution in [0.15, 0.2) is 35.2 Å². The van der Waals surface area contributed by atoms with Gasteiger partial charge in [0.25, 0.3) is 0 Å². The van der Waals surface area contributed by atoms with E-state index in [2.05, 4.69) is 38.2 Å². The highest BCUT2D eigenvalue weighted by Crippen LogP contribution is 2.28. The molecule has 1 fully saturated rings. The molecule has 0 radical (unpaired) electrons. The lowest BCUT2D eigenvalue weighted by Crippen LogP contribution is -2.20. The average Bonchev–Trinajstić information content (AvgIpc) is 3.29. The second-order valence-corrected chi connectivity index (χ2v) is 6.33. The second kappa shape index (κ2) is 6.16. The Hall–Kier alpha value is -2.54. The van der Waals surface area contributed by atoms with Gasteiger partial charge in [-0.1, -0.05) is 5.16 Å². The number of aryl methyl sites for hydroxylation is 2. The van der Waals surface area contributed by atoms with Crippen LogP contribution in [0, 0.1) is 6.92 Å². The number of hydrogen-bond acceptors (Lipinski definition) is 6. The SMILES string of the molecule is Cc1nn(C)cc1CN1CC[C@H](c2nc(-c3ccncc3)no2)C1. The molecule has 0 spiro atoms. The first kappa shape index (κ1) is 15.0. The third kappa shape index (κ3) is 2.94. The van der Waals surface area contributed by atoms with Crippen molar-refractivity contribution in [3.63, 3.8) is 0 Å². The van der Waals surface area contributed by atoms with Gasteiger partial charge in [-0.05, 0) is 32.0 Å². The number of aromatic nitrogens is 5. The molecule has 1 saturated heterocycles. The van der Waals surface area contributed by atoms with Gasteiger partial charge in [-0.3, -0.25) is 14.6 Å². The molecule has 1 atom stereocenters. The van der Waals surface area contributed by atoms with Crippen molar-refractivity contribution in [3.05, 3.63) is 47.9 Å². The summed E-state index contributed by atoms with van der Waals surface area (Å²) in [6, 6.07) is 3.78. The first-order chi connectivity index (χ1) is 11.7. The normalized spacial score (nSPS) is 18.3. The van der Waals surface area contributed by atoms with Gasteiger partial charge in [-0.25, -0.2) is 0 Å². The molecule has 0 amide bonds. The summed E-state index contributed by atoms with van der Waals surface area (Å²) in [7, 11) is 1.96. The Labute approximate surface area is 140 Å². The molecule has 0 saturated carbocycles. The van der Waals surface area contributed by atoms with Gasteiger partial charge in [0, 0.05) is 49.9 Å². The molecule has 3 aromatic rings. The number of pyridine rings is 1. The summed E-state index contributed by atoms with van der Waals surface area (Å²) in [4.78, 5) is 11.0. The molecule has 0 aromatic carbocycles.